The molecule has 1 aromatic carbocycles. The number of thioether (sulfide) groups is 1. The number of hydrogen-bond acceptors (Lipinski definition) is 4. The van der Waals surface area contributed by atoms with Crippen molar-refractivity contribution in [1.29, 1.82) is 0 Å². The standard InChI is InChI=1S/C14H19NO2S/c1-2-17-13(16)8-14(10-18-11-14)15-9-12-6-4-3-5-7-12/h3-7,15H,2,8-11H2,1H3. The fourth-order valence-corrected chi connectivity index (χ4v) is 3.09. The Balaban J connectivity index is 1.87. The average Bonchev–Trinajstić information content (AvgIpc) is 2.34. The summed E-state index contributed by atoms with van der Waals surface area (Å²) in [5.74, 6) is 1.87. The first-order chi connectivity index (χ1) is 8.74. The quantitative estimate of drug-likeness (QED) is 0.800. The Hall–Kier alpha value is -1.00. The molecule has 18 heavy (non-hydrogen) atoms. The van der Waals surface area contributed by atoms with Crippen LogP contribution in [0, 0.1) is 0 Å². The van der Waals surface area contributed by atoms with Crippen LogP contribution in [0.5, 0.6) is 0 Å². The van der Waals surface area contributed by atoms with E-state index in [0.717, 1.165) is 18.1 Å². The Morgan fingerprint density at radius 1 is 1.39 bits per heavy atom. The third kappa shape index (κ3) is 3.50. The first-order valence-corrected chi connectivity index (χ1v) is 7.42. The summed E-state index contributed by atoms with van der Waals surface area (Å²) in [6.07, 6.45) is 0.473. The van der Waals surface area contributed by atoms with Crippen LogP contribution in [-0.4, -0.2) is 29.6 Å². The van der Waals surface area contributed by atoms with E-state index < -0.39 is 0 Å². The number of carbonyl (C=O) groups is 1. The molecule has 1 saturated heterocycles. The van der Waals surface area contributed by atoms with E-state index in [1.54, 1.807) is 0 Å². The maximum absolute atomic E-state index is 11.6. The molecule has 0 radical (unpaired) electrons. The van der Waals surface area contributed by atoms with Crippen molar-refractivity contribution in [3.05, 3.63) is 35.9 Å². The zero-order valence-corrected chi connectivity index (χ0v) is 11.5. The van der Waals surface area contributed by atoms with Gasteiger partial charge in [-0.25, -0.2) is 0 Å². The average molecular weight is 265 g/mol. The molecule has 0 spiro atoms. The summed E-state index contributed by atoms with van der Waals surface area (Å²) < 4.78 is 5.04. The number of benzene rings is 1. The number of rotatable bonds is 6. The van der Waals surface area contributed by atoms with Gasteiger partial charge in [-0.05, 0) is 12.5 Å². The van der Waals surface area contributed by atoms with Crippen LogP contribution in [0.3, 0.4) is 0 Å². The molecule has 0 atom stereocenters. The highest BCUT2D eigenvalue weighted by atomic mass is 32.2. The highest BCUT2D eigenvalue weighted by Gasteiger charge is 2.39. The van der Waals surface area contributed by atoms with Gasteiger partial charge in [0.25, 0.3) is 0 Å². The lowest BCUT2D eigenvalue weighted by Crippen LogP contribution is -2.56. The second-order valence-electron chi connectivity index (χ2n) is 4.59. The summed E-state index contributed by atoms with van der Waals surface area (Å²) in [5.41, 5.74) is 1.19. The normalized spacial score (nSPS) is 16.9. The fraction of sp³-hybridized carbons (Fsp3) is 0.500. The minimum atomic E-state index is -0.0987. The summed E-state index contributed by atoms with van der Waals surface area (Å²) in [5, 5.41) is 3.52. The van der Waals surface area contributed by atoms with Crippen LogP contribution in [-0.2, 0) is 16.1 Å². The van der Waals surface area contributed by atoms with E-state index in [1.807, 2.05) is 36.9 Å². The van der Waals surface area contributed by atoms with Gasteiger partial charge in [0.2, 0.25) is 0 Å². The molecule has 98 valence electrons. The van der Waals surface area contributed by atoms with E-state index in [4.69, 9.17) is 4.74 Å². The Morgan fingerprint density at radius 2 is 2.11 bits per heavy atom. The van der Waals surface area contributed by atoms with Crippen LogP contribution in [0.4, 0.5) is 0 Å². The topological polar surface area (TPSA) is 38.3 Å². The number of carbonyl (C=O) groups excluding carboxylic acids is 1. The maximum atomic E-state index is 11.6. The van der Waals surface area contributed by atoms with Gasteiger partial charge in [-0.1, -0.05) is 30.3 Å². The lowest BCUT2D eigenvalue weighted by atomic mass is 9.98. The number of esters is 1. The predicted molar refractivity (Wildman–Crippen MR) is 74.6 cm³/mol. The van der Waals surface area contributed by atoms with Crippen molar-refractivity contribution >= 4 is 17.7 Å². The zero-order chi connectivity index (χ0) is 12.8. The van der Waals surface area contributed by atoms with Gasteiger partial charge in [0.1, 0.15) is 0 Å². The van der Waals surface area contributed by atoms with Gasteiger partial charge >= 0.3 is 5.97 Å². The molecule has 0 amide bonds. The summed E-state index contributed by atoms with van der Waals surface area (Å²) in [6, 6.07) is 10.3. The Kier molecular flexibility index (Phi) is 4.66. The Labute approximate surface area is 112 Å². The number of ether oxygens (including phenoxy) is 1. The van der Waals surface area contributed by atoms with Crippen LogP contribution >= 0.6 is 11.8 Å². The molecule has 0 aliphatic carbocycles. The SMILES string of the molecule is CCOC(=O)CC1(NCc2ccccc2)CSC1. The van der Waals surface area contributed by atoms with E-state index in [-0.39, 0.29) is 11.5 Å². The van der Waals surface area contributed by atoms with Crippen LogP contribution in [0.1, 0.15) is 18.9 Å². The van der Waals surface area contributed by atoms with Gasteiger partial charge in [0, 0.05) is 23.6 Å². The van der Waals surface area contributed by atoms with Crippen molar-refractivity contribution in [3.63, 3.8) is 0 Å². The molecule has 1 aliphatic rings. The molecule has 2 rings (SSSR count). The van der Waals surface area contributed by atoms with Gasteiger partial charge in [0.05, 0.1) is 13.0 Å². The minimum absolute atomic E-state index is 0.0627. The van der Waals surface area contributed by atoms with Gasteiger partial charge in [0.15, 0.2) is 0 Å². The van der Waals surface area contributed by atoms with Crippen LogP contribution in [0.2, 0.25) is 0 Å². The Bertz CT molecular complexity index is 390. The van der Waals surface area contributed by atoms with Crippen molar-refractivity contribution in [2.24, 2.45) is 0 Å². The monoisotopic (exact) mass is 265 g/mol. The largest absolute Gasteiger partial charge is 0.466 e. The van der Waals surface area contributed by atoms with Crippen LogP contribution < -0.4 is 5.32 Å². The molecule has 1 aromatic rings. The summed E-state index contributed by atoms with van der Waals surface area (Å²) >= 11 is 1.87. The first-order valence-electron chi connectivity index (χ1n) is 6.26. The van der Waals surface area contributed by atoms with Crippen molar-refractivity contribution in [3.8, 4) is 0 Å². The highest BCUT2D eigenvalue weighted by molar-refractivity contribution is 8.00. The van der Waals surface area contributed by atoms with E-state index in [0.29, 0.717) is 13.0 Å². The molecule has 1 N–H and O–H groups in total. The first kappa shape index (κ1) is 13.4. The molecule has 0 saturated carbocycles. The molecule has 0 bridgehead atoms. The van der Waals surface area contributed by atoms with Gasteiger partial charge in [-0.2, -0.15) is 11.8 Å². The number of hydrogen-bond donors (Lipinski definition) is 1. The van der Waals surface area contributed by atoms with E-state index >= 15 is 0 Å². The minimum Gasteiger partial charge on any atom is -0.466 e. The van der Waals surface area contributed by atoms with Crippen molar-refractivity contribution in [2.45, 2.75) is 25.4 Å². The smallest absolute Gasteiger partial charge is 0.307 e. The van der Waals surface area contributed by atoms with E-state index in [2.05, 4.69) is 17.4 Å². The molecule has 0 unspecified atom stereocenters. The van der Waals surface area contributed by atoms with Gasteiger partial charge in [-0.3, -0.25) is 4.79 Å². The van der Waals surface area contributed by atoms with Crippen LogP contribution in [0.25, 0.3) is 0 Å². The lowest BCUT2D eigenvalue weighted by Gasteiger charge is -2.41. The van der Waals surface area contributed by atoms with Gasteiger partial charge in [-0.15, -0.1) is 0 Å². The molecule has 1 heterocycles. The second-order valence-corrected chi connectivity index (χ2v) is 5.58. The molecular formula is C14H19NO2S. The highest BCUT2D eigenvalue weighted by Crippen LogP contribution is 2.33. The van der Waals surface area contributed by atoms with E-state index in [1.165, 1.54) is 5.56 Å². The summed E-state index contributed by atoms with van der Waals surface area (Å²) in [6.45, 7) is 3.11. The fourth-order valence-electron chi connectivity index (χ4n) is 1.99. The van der Waals surface area contributed by atoms with E-state index in [9.17, 15) is 4.79 Å². The van der Waals surface area contributed by atoms with Gasteiger partial charge < -0.3 is 10.1 Å². The third-order valence-corrected chi connectivity index (χ3v) is 4.57. The Morgan fingerprint density at radius 3 is 2.67 bits per heavy atom. The molecule has 3 nitrogen and oxygen atoms in total. The molecular weight excluding hydrogens is 246 g/mol. The predicted octanol–water partition coefficient (Wildman–Crippen LogP) is 2.21. The van der Waals surface area contributed by atoms with Crippen molar-refractivity contribution in [2.75, 3.05) is 18.1 Å². The lowest BCUT2D eigenvalue weighted by molar-refractivity contribution is -0.144. The van der Waals surface area contributed by atoms with Crippen LogP contribution in [0.15, 0.2) is 30.3 Å². The second kappa shape index (κ2) is 6.25. The summed E-state index contributed by atoms with van der Waals surface area (Å²) in [7, 11) is 0. The zero-order valence-electron chi connectivity index (χ0n) is 10.6. The number of nitrogens with one attached hydrogen (secondary N) is 1. The maximum Gasteiger partial charge on any atom is 0.307 e. The molecule has 1 fully saturated rings. The molecule has 0 aromatic heterocycles. The third-order valence-electron chi connectivity index (χ3n) is 3.06. The molecule has 1 aliphatic heterocycles. The molecule has 4 heteroatoms. The summed E-state index contributed by atoms with van der Waals surface area (Å²) in [4.78, 5) is 11.6. The van der Waals surface area contributed by atoms with Crippen molar-refractivity contribution in [1.82, 2.24) is 5.32 Å². The van der Waals surface area contributed by atoms with Crippen molar-refractivity contribution < 1.29 is 9.53 Å².